The van der Waals surface area contributed by atoms with Crippen LogP contribution in [-0.4, -0.2) is 24.2 Å². The number of amides is 1. The molecule has 1 unspecified atom stereocenters. The van der Waals surface area contributed by atoms with E-state index in [1.807, 2.05) is 30.3 Å². The average Bonchev–Trinajstić information content (AvgIpc) is 2.37. The number of aliphatic hydroxyl groups excluding tert-OH is 1. The Hall–Kier alpha value is -2.07. The molecule has 0 aromatic heterocycles. The van der Waals surface area contributed by atoms with Gasteiger partial charge < -0.3 is 15.2 Å². The predicted octanol–water partition coefficient (Wildman–Crippen LogP) is 2.17. The average molecular weight is 245 g/mol. The number of benzene rings is 2. The lowest BCUT2D eigenvalue weighted by Crippen LogP contribution is -2.24. The van der Waals surface area contributed by atoms with Crippen LogP contribution < -0.4 is 10.1 Å². The van der Waals surface area contributed by atoms with E-state index in [-0.39, 0.29) is 0 Å². The van der Waals surface area contributed by atoms with Crippen LogP contribution >= 0.6 is 0 Å². The monoisotopic (exact) mass is 245 g/mol. The van der Waals surface area contributed by atoms with Gasteiger partial charge in [0.2, 0.25) is 0 Å². The number of ether oxygens (including phenoxy) is 1. The van der Waals surface area contributed by atoms with E-state index in [0.717, 1.165) is 16.5 Å². The van der Waals surface area contributed by atoms with E-state index >= 15 is 0 Å². The summed E-state index contributed by atoms with van der Waals surface area (Å²) >= 11 is 0. The van der Waals surface area contributed by atoms with Gasteiger partial charge in [-0.05, 0) is 42.0 Å². The minimum Gasteiger partial charge on any atom is -0.497 e. The summed E-state index contributed by atoms with van der Waals surface area (Å²) in [5.41, 5.74) is 0.665. The molecular weight excluding hydrogens is 230 g/mol. The first-order chi connectivity index (χ1) is 8.60. The second kappa shape index (κ2) is 5.06. The van der Waals surface area contributed by atoms with Gasteiger partial charge in [-0.1, -0.05) is 12.1 Å². The van der Waals surface area contributed by atoms with E-state index in [0.29, 0.717) is 5.69 Å². The Balaban J connectivity index is 2.30. The summed E-state index contributed by atoms with van der Waals surface area (Å²) in [6, 6.07) is 11.3. The SMILES string of the molecule is COc1ccc2cc(NC(=O)C(C)O)ccc2c1. The number of hydrogen-bond acceptors (Lipinski definition) is 3. The van der Waals surface area contributed by atoms with Crippen LogP contribution in [0.2, 0.25) is 0 Å². The van der Waals surface area contributed by atoms with Crippen LogP contribution in [0.25, 0.3) is 10.8 Å². The maximum atomic E-state index is 11.4. The van der Waals surface area contributed by atoms with Crippen LogP contribution in [-0.2, 0) is 4.79 Å². The van der Waals surface area contributed by atoms with Crippen molar-refractivity contribution in [3.63, 3.8) is 0 Å². The third-order valence-electron chi connectivity index (χ3n) is 2.69. The van der Waals surface area contributed by atoms with Crippen LogP contribution in [0.1, 0.15) is 6.92 Å². The molecule has 0 saturated carbocycles. The number of hydrogen-bond donors (Lipinski definition) is 2. The van der Waals surface area contributed by atoms with Gasteiger partial charge in [0.15, 0.2) is 0 Å². The number of methoxy groups -OCH3 is 1. The van der Waals surface area contributed by atoms with Gasteiger partial charge in [0.05, 0.1) is 7.11 Å². The van der Waals surface area contributed by atoms with Gasteiger partial charge in [-0.25, -0.2) is 0 Å². The van der Waals surface area contributed by atoms with Gasteiger partial charge in [-0.15, -0.1) is 0 Å². The summed E-state index contributed by atoms with van der Waals surface area (Å²) in [5, 5.41) is 13.8. The molecule has 1 atom stereocenters. The Morgan fingerprint density at radius 1 is 1.22 bits per heavy atom. The van der Waals surface area contributed by atoms with Crippen molar-refractivity contribution in [1.82, 2.24) is 0 Å². The number of carbonyl (C=O) groups excluding carboxylic acids is 1. The smallest absolute Gasteiger partial charge is 0.252 e. The fourth-order valence-corrected chi connectivity index (χ4v) is 1.68. The van der Waals surface area contributed by atoms with Crippen LogP contribution in [0.5, 0.6) is 5.75 Å². The van der Waals surface area contributed by atoms with E-state index in [1.54, 1.807) is 13.2 Å². The second-order valence-corrected chi connectivity index (χ2v) is 4.09. The van der Waals surface area contributed by atoms with Crippen molar-refractivity contribution in [2.45, 2.75) is 13.0 Å². The molecule has 0 bridgehead atoms. The topological polar surface area (TPSA) is 58.6 Å². The quantitative estimate of drug-likeness (QED) is 0.871. The molecule has 4 heteroatoms. The number of aliphatic hydroxyl groups is 1. The van der Waals surface area contributed by atoms with E-state index in [9.17, 15) is 4.79 Å². The maximum absolute atomic E-state index is 11.4. The second-order valence-electron chi connectivity index (χ2n) is 4.09. The summed E-state index contributed by atoms with van der Waals surface area (Å²) in [5.74, 6) is 0.381. The number of anilines is 1. The van der Waals surface area contributed by atoms with E-state index in [4.69, 9.17) is 9.84 Å². The Labute approximate surface area is 105 Å². The van der Waals surface area contributed by atoms with E-state index in [2.05, 4.69) is 5.32 Å². The largest absolute Gasteiger partial charge is 0.497 e. The van der Waals surface area contributed by atoms with Crippen molar-refractivity contribution in [2.24, 2.45) is 0 Å². The summed E-state index contributed by atoms with van der Waals surface area (Å²) in [6.45, 7) is 1.43. The highest BCUT2D eigenvalue weighted by Crippen LogP contribution is 2.23. The molecule has 0 aliphatic heterocycles. The fourth-order valence-electron chi connectivity index (χ4n) is 1.68. The number of nitrogens with one attached hydrogen (secondary N) is 1. The lowest BCUT2D eigenvalue weighted by atomic mass is 10.1. The standard InChI is InChI=1S/C14H15NO3/c1-9(16)14(17)15-12-5-3-11-8-13(18-2)6-4-10(11)7-12/h3-9,16H,1-2H3,(H,15,17). The summed E-state index contributed by atoms with van der Waals surface area (Å²) in [6.07, 6.45) is -1.02. The third kappa shape index (κ3) is 2.60. The van der Waals surface area contributed by atoms with Gasteiger partial charge in [-0.3, -0.25) is 4.79 Å². The van der Waals surface area contributed by atoms with Crippen LogP contribution in [0.15, 0.2) is 36.4 Å². The fraction of sp³-hybridized carbons (Fsp3) is 0.214. The van der Waals surface area contributed by atoms with Gasteiger partial charge in [0.1, 0.15) is 11.9 Å². The van der Waals surface area contributed by atoms with Crippen molar-refractivity contribution in [3.8, 4) is 5.75 Å². The molecule has 1 amide bonds. The van der Waals surface area contributed by atoms with Crippen molar-refractivity contribution in [3.05, 3.63) is 36.4 Å². The number of fused-ring (bicyclic) bond motifs is 1. The summed E-state index contributed by atoms with van der Waals surface area (Å²) in [7, 11) is 1.62. The van der Waals surface area contributed by atoms with Crippen LogP contribution in [0.4, 0.5) is 5.69 Å². The molecule has 0 spiro atoms. The van der Waals surface area contributed by atoms with E-state index < -0.39 is 12.0 Å². The third-order valence-corrected chi connectivity index (χ3v) is 2.69. The molecule has 0 aliphatic rings. The van der Waals surface area contributed by atoms with Crippen molar-refractivity contribution in [1.29, 1.82) is 0 Å². The highest BCUT2D eigenvalue weighted by molar-refractivity contribution is 5.96. The van der Waals surface area contributed by atoms with Gasteiger partial charge in [0.25, 0.3) is 5.91 Å². The van der Waals surface area contributed by atoms with Crippen molar-refractivity contribution >= 4 is 22.4 Å². The number of carbonyl (C=O) groups is 1. The summed E-state index contributed by atoms with van der Waals surface area (Å²) < 4.78 is 5.15. The van der Waals surface area contributed by atoms with Crippen molar-refractivity contribution in [2.75, 3.05) is 12.4 Å². The minimum absolute atomic E-state index is 0.414. The lowest BCUT2D eigenvalue weighted by molar-refractivity contribution is -0.123. The zero-order valence-electron chi connectivity index (χ0n) is 10.3. The maximum Gasteiger partial charge on any atom is 0.252 e. The molecule has 2 N–H and O–H groups in total. The molecule has 0 saturated heterocycles. The van der Waals surface area contributed by atoms with E-state index in [1.165, 1.54) is 6.92 Å². The van der Waals surface area contributed by atoms with Gasteiger partial charge in [-0.2, -0.15) is 0 Å². The molecule has 2 aromatic rings. The number of rotatable bonds is 3. The highest BCUT2D eigenvalue weighted by Gasteiger charge is 2.08. The lowest BCUT2D eigenvalue weighted by Gasteiger charge is -2.08. The first-order valence-electron chi connectivity index (χ1n) is 5.67. The van der Waals surface area contributed by atoms with Crippen LogP contribution in [0.3, 0.4) is 0 Å². The Kier molecular flexibility index (Phi) is 3.48. The van der Waals surface area contributed by atoms with Crippen LogP contribution in [0, 0.1) is 0 Å². The minimum atomic E-state index is -1.02. The molecule has 0 aliphatic carbocycles. The first-order valence-corrected chi connectivity index (χ1v) is 5.67. The zero-order valence-corrected chi connectivity index (χ0v) is 10.3. The molecule has 18 heavy (non-hydrogen) atoms. The van der Waals surface area contributed by atoms with Gasteiger partial charge in [0, 0.05) is 5.69 Å². The summed E-state index contributed by atoms with van der Waals surface area (Å²) in [4.78, 5) is 11.4. The molecule has 0 fully saturated rings. The van der Waals surface area contributed by atoms with Crippen molar-refractivity contribution < 1.29 is 14.6 Å². The predicted molar refractivity (Wildman–Crippen MR) is 70.8 cm³/mol. The molecule has 0 radical (unpaired) electrons. The normalized spacial score (nSPS) is 12.2. The van der Waals surface area contributed by atoms with Gasteiger partial charge >= 0.3 is 0 Å². The zero-order chi connectivity index (χ0) is 13.1. The molecule has 2 rings (SSSR count). The molecule has 4 nitrogen and oxygen atoms in total. The molecule has 0 heterocycles. The Bertz CT molecular complexity index is 578. The molecule has 94 valence electrons. The highest BCUT2D eigenvalue weighted by atomic mass is 16.5. The first kappa shape index (κ1) is 12.4. The molecule has 2 aromatic carbocycles. The Morgan fingerprint density at radius 2 is 1.89 bits per heavy atom. The molecular formula is C14H15NO3. The Morgan fingerprint density at radius 3 is 2.56 bits per heavy atom.